The van der Waals surface area contributed by atoms with E-state index in [4.69, 9.17) is 0 Å². The standard InChI is InChI=1S/C15H18F3N3/c1-4-21-10(2)7-12(11(21)3)8-19-13-5-6-14(20-9-13)15(16,17)18/h5-7,9,19H,4,8H2,1-3H3. The molecule has 2 heterocycles. The summed E-state index contributed by atoms with van der Waals surface area (Å²) in [5, 5.41) is 3.10. The maximum Gasteiger partial charge on any atom is 0.433 e. The largest absolute Gasteiger partial charge is 0.433 e. The number of alkyl halides is 3. The molecular weight excluding hydrogens is 279 g/mol. The quantitative estimate of drug-likeness (QED) is 0.918. The minimum atomic E-state index is -4.40. The number of pyridine rings is 1. The highest BCUT2D eigenvalue weighted by Gasteiger charge is 2.31. The first-order valence-corrected chi connectivity index (χ1v) is 6.75. The summed E-state index contributed by atoms with van der Waals surface area (Å²) in [7, 11) is 0. The summed E-state index contributed by atoms with van der Waals surface area (Å²) in [5.41, 5.74) is 3.18. The van der Waals surface area contributed by atoms with Crippen LogP contribution in [0.4, 0.5) is 18.9 Å². The third kappa shape index (κ3) is 3.37. The van der Waals surface area contributed by atoms with Gasteiger partial charge < -0.3 is 9.88 Å². The topological polar surface area (TPSA) is 29.9 Å². The molecule has 0 aromatic carbocycles. The van der Waals surface area contributed by atoms with Crippen LogP contribution < -0.4 is 5.32 Å². The monoisotopic (exact) mass is 297 g/mol. The molecule has 114 valence electrons. The third-order valence-electron chi connectivity index (χ3n) is 3.53. The lowest BCUT2D eigenvalue weighted by atomic mass is 10.2. The van der Waals surface area contributed by atoms with Crippen LogP contribution in [0, 0.1) is 13.8 Å². The molecule has 0 aliphatic rings. The van der Waals surface area contributed by atoms with E-state index in [0.29, 0.717) is 12.2 Å². The van der Waals surface area contributed by atoms with Gasteiger partial charge in [0.15, 0.2) is 0 Å². The van der Waals surface area contributed by atoms with Crippen molar-refractivity contribution >= 4 is 5.69 Å². The van der Waals surface area contributed by atoms with Gasteiger partial charge in [-0.15, -0.1) is 0 Å². The average molecular weight is 297 g/mol. The molecular formula is C15H18F3N3. The molecule has 0 unspecified atom stereocenters. The van der Waals surface area contributed by atoms with Gasteiger partial charge in [-0.1, -0.05) is 0 Å². The molecule has 1 N–H and O–H groups in total. The second kappa shape index (κ2) is 5.79. The maximum absolute atomic E-state index is 12.4. The van der Waals surface area contributed by atoms with Gasteiger partial charge in [-0.3, -0.25) is 0 Å². The summed E-state index contributed by atoms with van der Waals surface area (Å²) in [6, 6.07) is 4.47. The number of hydrogen-bond donors (Lipinski definition) is 1. The van der Waals surface area contributed by atoms with Crippen LogP contribution in [0.5, 0.6) is 0 Å². The van der Waals surface area contributed by atoms with Crippen LogP contribution in [0.2, 0.25) is 0 Å². The van der Waals surface area contributed by atoms with E-state index in [2.05, 4.69) is 27.9 Å². The second-order valence-corrected chi connectivity index (χ2v) is 4.92. The molecule has 0 bridgehead atoms. The molecule has 2 aromatic rings. The van der Waals surface area contributed by atoms with Crippen LogP contribution in [-0.2, 0) is 19.3 Å². The van der Waals surface area contributed by atoms with E-state index in [1.165, 1.54) is 23.7 Å². The summed E-state index contributed by atoms with van der Waals surface area (Å²) in [6.45, 7) is 7.63. The molecule has 0 amide bonds. The molecule has 3 nitrogen and oxygen atoms in total. The number of aryl methyl sites for hydroxylation is 1. The van der Waals surface area contributed by atoms with Crippen LogP contribution in [0.15, 0.2) is 24.4 Å². The van der Waals surface area contributed by atoms with Crippen molar-refractivity contribution in [3.63, 3.8) is 0 Å². The van der Waals surface area contributed by atoms with Gasteiger partial charge in [-0.05, 0) is 44.5 Å². The fourth-order valence-corrected chi connectivity index (χ4v) is 2.40. The van der Waals surface area contributed by atoms with E-state index in [1.54, 1.807) is 0 Å². The van der Waals surface area contributed by atoms with Crippen LogP contribution in [0.3, 0.4) is 0 Å². The molecule has 0 radical (unpaired) electrons. The highest BCUT2D eigenvalue weighted by Crippen LogP contribution is 2.28. The Morgan fingerprint density at radius 1 is 1.24 bits per heavy atom. The van der Waals surface area contributed by atoms with Crippen LogP contribution >= 0.6 is 0 Å². The molecule has 0 fully saturated rings. The molecule has 0 aliphatic heterocycles. The van der Waals surface area contributed by atoms with Gasteiger partial charge in [-0.25, -0.2) is 4.98 Å². The van der Waals surface area contributed by atoms with E-state index in [-0.39, 0.29) is 0 Å². The van der Waals surface area contributed by atoms with Gasteiger partial charge in [-0.2, -0.15) is 13.2 Å². The Bertz CT molecular complexity index is 612. The average Bonchev–Trinajstić information content (AvgIpc) is 2.70. The number of nitrogens with zero attached hydrogens (tertiary/aromatic N) is 2. The maximum atomic E-state index is 12.4. The van der Waals surface area contributed by atoms with Crippen molar-refractivity contribution in [3.05, 3.63) is 47.0 Å². The van der Waals surface area contributed by atoms with Crippen molar-refractivity contribution in [2.75, 3.05) is 5.32 Å². The number of anilines is 1. The van der Waals surface area contributed by atoms with Crippen LogP contribution in [0.1, 0.15) is 29.6 Å². The Balaban J connectivity index is 2.07. The van der Waals surface area contributed by atoms with Crippen molar-refractivity contribution in [3.8, 4) is 0 Å². The van der Waals surface area contributed by atoms with Gasteiger partial charge in [0.05, 0.1) is 11.9 Å². The lowest BCUT2D eigenvalue weighted by Gasteiger charge is -2.09. The minimum absolute atomic E-state index is 0.562. The molecule has 6 heteroatoms. The summed E-state index contributed by atoms with van der Waals surface area (Å²) in [6.07, 6.45) is -3.19. The number of hydrogen-bond acceptors (Lipinski definition) is 2. The zero-order chi connectivity index (χ0) is 15.6. The van der Waals surface area contributed by atoms with Gasteiger partial charge in [0.1, 0.15) is 5.69 Å². The van der Waals surface area contributed by atoms with Gasteiger partial charge in [0, 0.05) is 24.5 Å². The highest BCUT2D eigenvalue weighted by atomic mass is 19.4. The van der Waals surface area contributed by atoms with Crippen molar-refractivity contribution in [2.24, 2.45) is 0 Å². The van der Waals surface area contributed by atoms with Gasteiger partial charge >= 0.3 is 6.18 Å². The fourth-order valence-electron chi connectivity index (χ4n) is 2.40. The van der Waals surface area contributed by atoms with E-state index < -0.39 is 11.9 Å². The zero-order valence-corrected chi connectivity index (χ0v) is 12.3. The molecule has 0 aliphatic carbocycles. The summed E-state index contributed by atoms with van der Waals surface area (Å²) >= 11 is 0. The summed E-state index contributed by atoms with van der Waals surface area (Å²) in [5.74, 6) is 0. The third-order valence-corrected chi connectivity index (χ3v) is 3.53. The molecule has 21 heavy (non-hydrogen) atoms. The van der Waals surface area contributed by atoms with E-state index >= 15 is 0 Å². The first kappa shape index (κ1) is 15.4. The van der Waals surface area contributed by atoms with Gasteiger partial charge in [0.25, 0.3) is 0 Å². The Morgan fingerprint density at radius 2 is 1.95 bits per heavy atom. The zero-order valence-electron chi connectivity index (χ0n) is 12.3. The fraction of sp³-hybridized carbons (Fsp3) is 0.400. The molecule has 0 atom stereocenters. The second-order valence-electron chi connectivity index (χ2n) is 4.92. The van der Waals surface area contributed by atoms with E-state index in [9.17, 15) is 13.2 Å². The Kier molecular flexibility index (Phi) is 4.25. The molecule has 2 rings (SSSR count). The number of aromatic nitrogens is 2. The molecule has 0 saturated carbocycles. The SMILES string of the molecule is CCn1c(C)cc(CNc2ccc(C(F)(F)F)nc2)c1C. The first-order chi connectivity index (χ1) is 9.82. The number of nitrogens with one attached hydrogen (secondary N) is 1. The predicted octanol–water partition coefficient (Wildman–Crippen LogP) is 4.15. The molecule has 0 saturated heterocycles. The Morgan fingerprint density at radius 3 is 2.43 bits per heavy atom. The van der Waals surface area contributed by atoms with Crippen molar-refractivity contribution in [1.82, 2.24) is 9.55 Å². The van der Waals surface area contributed by atoms with Crippen molar-refractivity contribution < 1.29 is 13.2 Å². The van der Waals surface area contributed by atoms with E-state index in [0.717, 1.165) is 18.2 Å². The highest BCUT2D eigenvalue weighted by molar-refractivity contribution is 5.43. The lowest BCUT2D eigenvalue weighted by molar-refractivity contribution is -0.141. The number of rotatable bonds is 4. The van der Waals surface area contributed by atoms with Crippen LogP contribution in [-0.4, -0.2) is 9.55 Å². The normalized spacial score (nSPS) is 11.7. The Hall–Kier alpha value is -1.98. The Labute approximate surface area is 121 Å². The first-order valence-electron chi connectivity index (χ1n) is 6.75. The summed E-state index contributed by atoms with van der Waals surface area (Å²) < 4.78 is 39.5. The molecule has 0 spiro atoms. The predicted molar refractivity (Wildman–Crippen MR) is 76.1 cm³/mol. The van der Waals surface area contributed by atoms with Crippen molar-refractivity contribution in [1.29, 1.82) is 0 Å². The number of halogens is 3. The van der Waals surface area contributed by atoms with E-state index in [1.807, 2.05) is 13.8 Å². The van der Waals surface area contributed by atoms with Gasteiger partial charge in [0.2, 0.25) is 0 Å². The minimum Gasteiger partial charge on any atom is -0.380 e. The smallest absolute Gasteiger partial charge is 0.380 e. The van der Waals surface area contributed by atoms with Crippen LogP contribution in [0.25, 0.3) is 0 Å². The molecule has 2 aromatic heterocycles. The van der Waals surface area contributed by atoms with Crippen molar-refractivity contribution in [2.45, 2.75) is 40.0 Å². The summed E-state index contributed by atoms with van der Waals surface area (Å²) in [4.78, 5) is 3.43. The lowest BCUT2D eigenvalue weighted by Crippen LogP contribution is -2.08.